The van der Waals surface area contributed by atoms with Crippen molar-refractivity contribution in [1.82, 2.24) is 9.97 Å². The lowest BCUT2D eigenvalue weighted by Crippen LogP contribution is -2.48. The van der Waals surface area contributed by atoms with E-state index >= 15 is 0 Å². The fourth-order valence-electron chi connectivity index (χ4n) is 3.29. The third-order valence-corrected chi connectivity index (χ3v) is 5.52. The van der Waals surface area contributed by atoms with Crippen LogP contribution >= 0.6 is 11.6 Å². The second-order valence-electron chi connectivity index (χ2n) is 7.58. The minimum atomic E-state index is -4.67. The molecule has 5 N–H and O–H groups in total. The summed E-state index contributed by atoms with van der Waals surface area (Å²) in [6, 6.07) is 5.99. The van der Waals surface area contributed by atoms with E-state index in [4.69, 9.17) is 26.2 Å². The summed E-state index contributed by atoms with van der Waals surface area (Å²) in [4.78, 5) is 8.16. The summed E-state index contributed by atoms with van der Waals surface area (Å²) in [6.45, 7) is -1.88. The fraction of sp³-hybridized carbons (Fsp3) is 0.364. The van der Waals surface area contributed by atoms with Gasteiger partial charge in [0.2, 0.25) is 0 Å². The molecular formula is C22H22ClF4N3O6. The Hall–Kier alpha value is -2.97. The van der Waals surface area contributed by atoms with Crippen LogP contribution < -0.4 is 14.8 Å². The van der Waals surface area contributed by atoms with Crippen molar-refractivity contribution >= 4 is 34.0 Å². The molecule has 0 bridgehead atoms. The van der Waals surface area contributed by atoms with Crippen molar-refractivity contribution in [2.24, 2.45) is 0 Å². The van der Waals surface area contributed by atoms with Gasteiger partial charge in [-0.15, -0.1) is 0 Å². The van der Waals surface area contributed by atoms with Gasteiger partial charge in [0.05, 0.1) is 36.4 Å². The summed E-state index contributed by atoms with van der Waals surface area (Å²) >= 11 is 5.67. The third-order valence-electron chi connectivity index (χ3n) is 5.19. The molecule has 14 heteroatoms. The summed E-state index contributed by atoms with van der Waals surface area (Å²) in [5, 5.41) is 41.1. The normalized spacial score (nSPS) is 15.3. The van der Waals surface area contributed by atoms with E-state index < -0.39 is 54.5 Å². The Morgan fingerprint density at radius 3 is 2.36 bits per heavy atom. The highest BCUT2D eigenvalue weighted by atomic mass is 35.5. The molecule has 0 aliphatic carbocycles. The number of aliphatic hydroxyl groups is 4. The van der Waals surface area contributed by atoms with Crippen LogP contribution in [0, 0.1) is 0 Å². The highest BCUT2D eigenvalue weighted by Gasteiger charge is 2.34. The Bertz CT molecular complexity index is 1200. The van der Waals surface area contributed by atoms with Gasteiger partial charge in [-0.25, -0.2) is 14.4 Å². The van der Waals surface area contributed by atoms with Crippen LogP contribution in [-0.2, 0) is 6.18 Å². The van der Waals surface area contributed by atoms with Crippen LogP contribution in [0.1, 0.15) is 5.56 Å². The first kappa shape index (κ1) is 27.6. The van der Waals surface area contributed by atoms with Crippen molar-refractivity contribution in [1.29, 1.82) is 0 Å². The molecule has 3 rings (SSSR count). The molecule has 0 spiro atoms. The van der Waals surface area contributed by atoms with Crippen molar-refractivity contribution in [2.75, 3.05) is 25.6 Å². The van der Waals surface area contributed by atoms with Gasteiger partial charge in [-0.3, -0.25) is 0 Å². The first-order valence-electron chi connectivity index (χ1n) is 10.3. The average Bonchev–Trinajstić information content (AvgIpc) is 2.85. The number of rotatable bonds is 10. The molecule has 1 aromatic heterocycles. The molecule has 9 nitrogen and oxygen atoms in total. The SMILES string of the molecule is COc1cc2c(Nc3ccc(Cl)c(C(F)(F)F)c3)ncnc2cc1O[C@H](CO)[C@H](O)[C@@H](O)[C@H](F)CO. The molecule has 4 atom stereocenters. The molecule has 2 aromatic carbocycles. The standard InChI is InChI=1S/C22H22ClF4N3O6/c1-35-16-5-11-15(6-17(16)36-18(8-32)20(34)19(33)14(24)7-31)28-9-29-21(11)30-10-2-3-13(23)12(4-10)22(25,26)27/h2-6,9,14,18-20,31-34H,7-8H2,1H3,(H,28,29,30)/t14-,18-,19+,20+/m1/s1. The average molecular weight is 536 g/mol. The molecule has 0 amide bonds. The van der Waals surface area contributed by atoms with Crippen LogP contribution in [-0.4, -0.2) is 75.2 Å². The number of aliphatic hydroxyl groups excluding tert-OH is 4. The first-order chi connectivity index (χ1) is 17.0. The number of methoxy groups -OCH3 is 1. The largest absolute Gasteiger partial charge is 0.493 e. The molecule has 196 valence electrons. The number of fused-ring (bicyclic) bond motifs is 1. The van der Waals surface area contributed by atoms with Gasteiger partial charge in [0.1, 0.15) is 24.4 Å². The Balaban J connectivity index is 1.96. The fourth-order valence-corrected chi connectivity index (χ4v) is 3.52. The van der Waals surface area contributed by atoms with Gasteiger partial charge in [-0.2, -0.15) is 13.2 Å². The highest BCUT2D eigenvalue weighted by molar-refractivity contribution is 6.31. The maximum absolute atomic E-state index is 13.6. The van der Waals surface area contributed by atoms with Crippen molar-refractivity contribution < 1.29 is 47.5 Å². The van der Waals surface area contributed by atoms with Gasteiger partial charge in [0.15, 0.2) is 23.8 Å². The lowest BCUT2D eigenvalue weighted by molar-refractivity contribution is -0.137. The van der Waals surface area contributed by atoms with E-state index in [9.17, 15) is 32.9 Å². The minimum Gasteiger partial charge on any atom is -0.493 e. The summed E-state index contributed by atoms with van der Waals surface area (Å²) in [5.41, 5.74) is -0.750. The number of aromatic nitrogens is 2. The zero-order chi connectivity index (χ0) is 26.6. The van der Waals surface area contributed by atoms with Gasteiger partial charge in [0.25, 0.3) is 0 Å². The Morgan fingerprint density at radius 1 is 1.03 bits per heavy atom. The molecule has 0 unspecified atom stereocenters. The molecule has 3 aromatic rings. The van der Waals surface area contributed by atoms with E-state index in [1.807, 2.05) is 0 Å². The number of ether oxygens (including phenoxy) is 2. The number of benzene rings is 2. The predicted octanol–water partition coefficient (Wildman–Crippen LogP) is 2.85. The zero-order valence-corrected chi connectivity index (χ0v) is 19.3. The number of nitrogens with one attached hydrogen (secondary N) is 1. The van der Waals surface area contributed by atoms with Crippen molar-refractivity contribution in [3.63, 3.8) is 0 Å². The van der Waals surface area contributed by atoms with E-state index in [0.717, 1.165) is 18.5 Å². The number of nitrogens with zero attached hydrogens (tertiary/aromatic N) is 2. The number of halogens is 5. The van der Waals surface area contributed by atoms with Crippen LogP contribution in [0.5, 0.6) is 11.5 Å². The molecular weight excluding hydrogens is 514 g/mol. The van der Waals surface area contributed by atoms with E-state index in [2.05, 4.69) is 15.3 Å². The molecule has 0 saturated heterocycles. The maximum Gasteiger partial charge on any atom is 0.417 e. The first-order valence-corrected chi connectivity index (χ1v) is 10.7. The second-order valence-corrected chi connectivity index (χ2v) is 7.99. The zero-order valence-electron chi connectivity index (χ0n) is 18.6. The van der Waals surface area contributed by atoms with Crippen LogP contribution in [0.4, 0.5) is 29.1 Å². The van der Waals surface area contributed by atoms with Crippen LogP contribution in [0.3, 0.4) is 0 Å². The summed E-state index contributed by atoms with van der Waals surface area (Å²) in [5.74, 6) is 0.120. The molecule has 0 fully saturated rings. The van der Waals surface area contributed by atoms with Gasteiger partial charge < -0.3 is 35.2 Å². The minimum absolute atomic E-state index is 0.0477. The Labute approximate surface area is 206 Å². The summed E-state index contributed by atoms with van der Waals surface area (Å²) in [6.07, 6.45) is -11.2. The van der Waals surface area contributed by atoms with Crippen LogP contribution in [0.25, 0.3) is 10.9 Å². The second kappa shape index (κ2) is 11.4. The Morgan fingerprint density at radius 2 is 1.75 bits per heavy atom. The molecule has 0 aliphatic heterocycles. The molecule has 0 saturated carbocycles. The van der Waals surface area contributed by atoms with Gasteiger partial charge in [-0.05, 0) is 24.3 Å². The lowest BCUT2D eigenvalue weighted by atomic mass is 10.0. The number of anilines is 2. The molecule has 36 heavy (non-hydrogen) atoms. The molecule has 1 heterocycles. The smallest absolute Gasteiger partial charge is 0.417 e. The van der Waals surface area contributed by atoms with E-state index in [0.29, 0.717) is 5.39 Å². The van der Waals surface area contributed by atoms with Crippen LogP contribution in [0.2, 0.25) is 5.02 Å². The number of hydrogen-bond acceptors (Lipinski definition) is 9. The lowest BCUT2D eigenvalue weighted by Gasteiger charge is -2.28. The van der Waals surface area contributed by atoms with Crippen molar-refractivity contribution in [2.45, 2.75) is 30.7 Å². The van der Waals surface area contributed by atoms with E-state index in [-0.39, 0.29) is 28.5 Å². The number of alkyl halides is 4. The van der Waals surface area contributed by atoms with Crippen molar-refractivity contribution in [3.05, 3.63) is 47.2 Å². The highest BCUT2D eigenvalue weighted by Crippen LogP contribution is 2.38. The maximum atomic E-state index is 13.6. The van der Waals surface area contributed by atoms with Gasteiger partial charge >= 0.3 is 6.18 Å². The van der Waals surface area contributed by atoms with Crippen molar-refractivity contribution in [3.8, 4) is 11.5 Å². The Kier molecular flexibility index (Phi) is 8.74. The quantitative estimate of drug-likeness (QED) is 0.248. The third kappa shape index (κ3) is 6.05. The monoisotopic (exact) mass is 535 g/mol. The van der Waals surface area contributed by atoms with E-state index in [1.54, 1.807) is 0 Å². The molecule has 0 aliphatic rings. The summed E-state index contributed by atoms with van der Waals surface area (Å²) < 4.78 is 64.1. The summed E-state index contributed by atoms with van der Waals surface area (Å²) in [7, 11) is 1.28. The predicted molar refractivity (Wildman–Crippen MR) is 121 cm³/mol. The number of hydrogen-bond donors (Lipinski definition) is 5. The van der Waals surface area contributed by atoms with Crippen LogP contribution in [0.15, 0.2) is 36.7 Å². The topological polar surface area (TPSA) is 137 Å². The molecule has 0 radical (unpaired) electrons. The van der Waals surface area contributed by atoms with Gasteiger partial charge in [0, 0.05) is 17.1 Å². The van der Waals surface area contributed by atoms with E-state index in [1.165, 1.54) is 25.3 Å². The van der Waals surface area contributed by atoms with Gasteiger partial charge in [-0.1, -0.05) is 11.6 Å².